The lowest BCUT2D eigenvalue weighted by atomic mass is 9.95. The smallest absolute Gasteiger partial charge is 0.251 e. The number of fused-ring (bicyclic) bond motifs is 3. The Morgan fingerprint density at radius 3 is 2.95 bits per heavy atom. The molecule has 112 valence electrons. The summed E-state index contributed by atoms with van der Waals surface area (Å²) < 4.78 is 0. The van der Waals surface area contributed by atoms with E-state index in [0.717, 1.165) is 24.8 Å². The van der Waals surface area contributed by atoms with E-state index in [1.54, 1.807) is 0 Å². The Hall–Kier alpha value is -1.81. The number of H-pyrrole nitrogens is 1. The van der Waals surface area contributed by atoms with Gasteiger partial charge in [-0.15, -0.1) is 0 Å². The number of carbonyl (C=O) groups excluding carboxylic acids is 1. The van der Waals surface area contributed by atoms with Crippen LogP contribution in [0.2, 0.25) is 0 Å². The predicted molar refractivity (Wildman–Crippen MR) is 83.6 cm³/mol. The van der Waals surface area contributed by atoms with Crippen LogP contribution in [0.15, 0.2) is 18.2 Å². The quantitative estimate of drug-likeness (QED) is 0.808. The maximum absolute atomic E-state index is 12.3. The number of rotatable bonds is 4. The standard InChI is InChI=1S/C17H22N2O2/c1-2-12(10-20)18-17(21)11-7-8-16-14(9-11)13-5-3-4-6-15(13)19-16/h7-9,12,19-20H,2-6,10H2,1H3,(H,18,21). The Bertz CT molecular complexity index is 656. The van der Waals surface area contributed by atoms with Crippen LogP contribution >= 0.6 is 0 Å². The summed E-state index contributed by atoms with van der Waals surface area (Å²) in [6.07, 6.45) is 5.38. The molecular formula is C17H22N2O2. The van der Waals surface area contributed by atoms with E-state index in [2.05, 4.69) is 10.3 Å². The fourth-order valence-corrected chi connectivity index (χ4v) is 3.09. The van der Waals surface area contributed by atoms with Gasteiger partial charge in [-0.2, -0.15) is 0 Å². The van der Waals surface area contributed by atoms with Crippen LogP contribution in [-0.4, -0.2) is 28.6 Å². The molecule has 1 aliphatic carbocycles. The highest BCUT2D eigenvalue weighted by molar-refractivity contribution is 5.99. The molecule has 0 fully saturated rings. The number of amides is 1. The topological polar surface area (TPSA) is 65.1 Å². The maximum Gasteiger partial charge on any atom is 0.251 e. The number of aryl methyl sites for hydroxylation is 2. The molecule has 0 aliphatic heterocycles. The molecule has 0 saturated heterocycles. The molecule has 4 nitrogen and oxygen atoms in total. The zero-order valence-electron chi connectivity index (χ0n) is 12.4. The minimum absolute atomic E-state index is 0.0238. The molecule has 0 radical (unpaired) electrons. The van der Waals surface area contributed by atoms with Crippen LogP contribution in [0.4, 0.5) is 0 Å². The Balaban J connectivity index is 1.91. The summed E-state index contributed by atoms with van der Waals surface area (Å²) in [4.78, 5) is 15.7. The largest absolute Gasteiger partial charge is 0.394 e. The van der Waals surface area contributed by atoms with Crippen molar-refractivity contribution < 1.29 is 9.90 Å². The van der Waals surface area contributed by atoms with E-state index in [0.29, 0.717) is 5.56 Å². The molecule has 3 N–H and O–H groups in total. The first-order valence-electron chi connectivity index (χ1n) is 7.78. The molecular weight excluding hydrogens is 264 g/mol. The Morgan fingerprint density at radius 1 is 1.38 bits per heavy atom. The second kappa shape index (κ2) is 5.90. The third-order valence-corrected chi connectivity index (χ3v) is 4.41. The van der Waals surface area contributed by atoms with E-state index in [1.807, 2.05) is 25.1 Å². The molecule has 2 aromatic rings. The number of hydrogen-bond acceptors (Lipinski definition) is 2. The fraction of sp³-hybridized carbons (Fsp3) is 0.471. The lowest BCUT2D eigenvalue weighted by molar-refractivity contribution is 0.0915. The number of aromatic amines is 1. The summed E-state index contributed by atoms with van der Waals surface area (Å²) in [5.74, 6) is -0.108. The van der Waals surface area contributed by atoms with Crippen LogP contribution in [0.25, 0.3) is 10.9 Å². The average molecular weight is 286 g/mol. The summed E-state index contributed by atoms with van der Waals surface area (Å²) >= 11 is 0. The average Bonchev–Trinajstić information content (AvgIpc) is 2.90. The normalized spacial score (nSPS) is 15.7. The van der Waals surface area contributed by atoms with E-state index >= 15 is 0 Å². The number of nitrogens with one attached hydrogen (secondary N) is 2. The van der Waals surface area contributed by atoms with Crippen molar-refractivity contribution in [3.63, 3.8) is 0 Å². The van der Waals surface area contributed by atoms with E-state index in [-0.39, 0.29) is 18.6 Å². The van der Waals surface area contributed by atoms with Gasteiger partial charge < -0.3 is 15.4 Å². The van der Waals surface area contributed by atoms with Gasteiger partial charge in [0.25, 0.3) is 5.91 Å². The van der Waals surface area contributed by atoms with Gasteiger partial charge in [-0.25, -0.2) is 0 Å². The minimum atomic E-state index is -0.173. The molecule has 1 atom stereocenters. The van der Waals surface area contributed by atoms with Crippen molar-refractivity contribution in [2.75, 3.05) is 6.61 Å². The molecule has 0 saturated carbocycles. The van der Waals surface area contributed by atoms with Crippen molar-refractivity contribution in [3.05, 3.63) is 35.0 Å². The molecule has 1 aromatic heterocycles. The second-order valence-electron chi connectivity index (χ2n) is 5.81. The number of aliphatic hydroxyl groups is 1. The zero-order valence-corrected chi connectivity index (χ0v) is 12.4. The number of benzene rings is 1. The number of hydrogen-bond donors (Lipinski definition) is 3. The van der Waals surface area contributed by atoms with Gasteiger partial charge in [0.15, 0.2) is 0 Å². The van der Waals surface area contributed by atoms with Crippen LogP contribution in [0.5, 0.6) is 0 Å². The third kappa shape index (κ3) is 2.68. The van der Waals surface area contributed by atoms with Gasteiger partial charge >= 0.3 is 0 Å². The number of aromatic nitrogens is 1. The lowest BCUT2D eigenvalue weighted by Gasteiger charge is -2.14. The summed E-state index contributed by atoms with van der Waals surface area (Å²) in [6.45, 7) is 1.93. The number of carbonyl (C=O) groups is 1. The molecule has 1 aromatic carbocycles. The van der Waals surface area contributed by atoms with Crippen molar-refractivity contribution in [3.8, 4) is 0 Å². The molecule has 0 spiro atoms. The summed E-state index contributed by atoms with van der Waals surface area (Å²) in [5.41, 5.74) is 4.49. The van der Waals surface area contributed by atoms with Gasteiger partial charge in [0, 0.05) is 22.2 Å². The Morgan fingerprint density at radius 2 is 2.19 bits per heavy atom. The maximum atomic E-state index is 12.3. The number of aliphatic hydroxyl groups excluding tert-OH is 1. The van der Waals surface area contributed by atoms with Gasteiger partial charge in [0.2, 0.25) is 0 Å². The highest BCUT2D eigenvalue weighted by atomic mass is 16.3. The van der Waals surface area contributed by atoms with Gasteiger partial charge in [0.1, 0.15) is 0 Å². The van der Waals surface area contributed by atoms with Crippen molar-refractivity contribution in [1.29, 1.82) is 0 Å². The van der Waals surface area contributed by atoms with Crippen molar-refractivity contribution in [2.24, 2.45) is 0 Å². The zero-order chi connectivity index (χ0) is 14.8. The third-order valence-electron chi connectivity index (χ3n) is 4.41. The molecule has 3 rings (SSSR count). The molecule has 1 heterocycles. The van der Waals surface area contributed by atoms with Crippen LogP contribution in [0, 0.1) is 0 Å². The van der Waals surface area contributed by atoms with E-state index in [9.17, 15) is 9.90 Å². The predicted octanol–water partition coefficient (Wildman–Crippen LogP) is 2.55. The van der Waals surface area contributed by atoms with Crippen LogP contribution in [0.3, 0.4) is 0 Å². The lowest BCUT2D eigenvalue weighted by Crippen LogP contribution is -2.36. The monoisotopic (exact) mass is 286 g/mol. The minimum Gasteiger partial charge on any atom is -0.394 e. The second-order valence-corrected chi connectivity index (χ2v) is 5.81. The van der Waals surface area contributed by atoms with Crippen molar-refractivity contribution in [1.82, 2.24) is 10.3 Å². The van der Waals surface area contributed by atoms with E-state index in [4.69, 9.17) is 0 Å². The molecule has 1 unspecified atom stereocenters. The SMILES string of the molecule is CCC(CO)NC(=O)c1ccc2[nH]c3c(c2c1)CCCC3. The highest BCUT2D eigenvalue weighted by Gasteiger charge is 2.17. The van der Waals surface area contributed by atoms with Gasteiger partial charge in [-0.3, -0.25) is 4.79 Å². The van der Waals surface area contributed by atoms with E-state index < -0.39 is 0 Å². The first-order chi connectivity index (χ1) is 10.2. The fourth-order valence-electron chi connectivity index (χ4n) is 3.09. The first-order valence-corrected chi connectivity index (χ1v) is 7.78. The van der Waals surface area contributed by atoms with Crippen LogP contribution in [-0.2, 0) is 12.8 Å². The van der Waals surface area contributed by atoms with Gasteiger partial charge in [-0.05, 0) is 55.9 Å². The first kappa shape index (κ1) is 14.1. The van der Waals surface area contributed by atoms with Gasteiger partial charge in [-0.1, -0.05) is 6.92 Å². The van der Waals surface area contributed by atoms with Crippen molar-refractivity contribution >= 4 is 16.8 Å². The molecule has 21 heavy (non-hydrogen) atoms. The molecule has 0 bridgehead atoms. The highest BCUT2D eigenvalue weighted by Crippen LogP contribution is 2.29. The Kier molecular flexibility index (Phi) is 3.97. The van der Waals surface area contributed by atoms with Gasteiger partial charge in [0.05, 0.1) is 12.6 Å². The summed E-state index contributed by atoms with van der Waals surface area (Å²) in [7, 11) is 0. The molecule has 1 aliphatic rings. The van der Waals surface area contributed by atoms with Crippen LogP contribution in [0.1, 0.15) is 47.8 Å². The Labute approximate surface area is 124 Å². The van der Waals surface area contributed by atoms with Crippen molar-refractivity contribution in [2.45, 2.75) is 45.1 Å². The molecule has 1 amide bonds. The summed E-state index contributed by atoms with van der Waals surface area (Å²) in [6, 6.07) is 5.65. The summed E-state index contributed by atoms with van der Waals surface area (Å²) in [5, 5.41) is 13.2. The van der Waals surface area contributed by atoms with Crippen LogP contribution < -0.4 is 5.32 Å². The van der Waals surface area contributed by atoms with E-state index in [1.165, 1.54) is 29.5 Å². The molecule has 4 heteroatoms.